The topological polar surface area (TPSA) is 125 Å². The zero-order chi connectivity index (χ0) is 22.5. The quantitative estimate of drug-likeness (QED) is 0.475. The van der Waals surface area contributed by atoms with E-state index in [-0.39, 0.29) is 11.6 Å². The Morgan fingerprint density at radius 3 is 2.78 bits per heavy atom. The van der Waals surface area contributed by atoms with Gasteiger partial charge in [-0.3, -0.25) is 4.57 Å². The number of fused-ring (bicyclic) bond motifs is 1. The van der Waals surface area contributed by atoms with E-state index >= 15 is 0 Å². The number of anilines is 1. The Labute approximate surface area is 183 Å². The standard InChI is InChI=1S/C23H22N6O3/c1-14-11-19(27-32-14)23(2,31)9-7-15-5-6-17-18(12-15)29(20-8-10-25-21(24)26-20)22(30)28(17)13-16-3-4-16/h5-6,8,10-12,16,31H,3-4,13H2,1-2H3,(H2,24,25,26). The van der Waals surface area contributed by atoms with Crippen molar-refractivity contribution in [1.82, 2.24) is 24.3 Å². The minimum Gasteiger partial charge on any atom is -0.372 e. The van der Waals surface area contributed by atoms with Crippen molar-refractivity contribution >= 4 is 17.0 Å². The second-order valence-corrected chi connectivity index (χ2v) is 8.29. The van der Waals surface area contributed by atoms with Gasteiger partial charge < -0.3 is 15.4 Å². The van der Waals surface area contributed by atoms with Crippen LogP contribution in [-0.2, 0) is 12.1 Å². The van der Waals surface area contributed by atoms with Gasteiger partial charge in [-0.25, -0.2) is 14.3 Å². The Morgan fingerprint density at radius 1 is 1.28 bits per heavy atom. The molecule has 0 bridgehead atoms. The molecule has 0 spiro atoms. The maximum atomic E-state index is 13.3. The van der Waals surface area contributed by atoms with Crippen LogP contribution in [0.5, 0.6) is 0 Å². The van der Waals surface area contributed by atoms with Crippen LogP contribution in [0.3, 0.4) is 0 Å². The maximum Gasteiger partial charge on any atom is 0.334 e. The van der Waals surface area contributed by atoms with Gasteiger partial charge in [0.1, 0.15) is 17.3 Å². The third-order valence-electron chi connectivity index (χ3n) is 5.53. The molecule has 1 unspecified atom stereocenters. The van der Waals surface area contributed by atoms with Gasteiger partial charge in [-0.15, -0.1) is 0 Å². The van der Waals surface area contributed by atoms with Crippen LogP contribution in [0.2, 0.25) is 0 Å². The molecule has 9 heteroatoms. The van der Waals surface area contributed by atoms with Crippen molar-refractivity contribution in [2.75, 3.05) is 5.73 Å². The summed E-state index contributed by atoms with van der Waals surface area (Å²) >= 11 is 0. The summed E-state index contributed by atoms with van der Waals surface area (Å²) in [5.41, 5.74) is 6.54. The van der Waals surface area contributed by atoms with Crippen LogP contribution in [0.25, 0.3) is 16.9 Å². The predicted molar refractivity (Wildman–Crippen MR) is 118 cm³/mol. The van der Waals surface area contributed by atoms with E-state index in [1.807, 2.05) is 18.2 Å². The summed E-state index contributed by atoms with van der Waals surface area (Å²) in [5, 5.41) is 14.6. The Kier molecular flexibility index (Phi) is 4.60. The molecule has 162 valence electrons. The minimum atomic E-state index is -1.48. The molecule has 1 fully saturated rings. The van der Waals surface area contributed by atoms with Crippen LogP contribution < -0.4 is 11.4 Å². The summed E-state index contributed by atoms with van der Waals surface area (Å²) < 4.78 is 8.35. The summed E-state index contributed by atoms with van der Waals surface area (Å²) in [7, 11) is 0. The first kappa shape index (κ1) is 20.0. The molecule has 1 atom stereocenters. The lowest BCUT2D eigenvalue weighted by Crippen LogP contribution is -2.24. The highest BCUT2D eigenvalue weighted by Crippen LogP contribution is 2.31. The smallest absolute Gasteiger partial charge is 0.334 e. The SMILES string of the molecule is Cc1cc(C(C)(O)C#Cc2ccc3c(c2)n(-c2ccnc(N)n2)c(=O)n3CC2CC2)no1. The van der Waals surface area contributed by atoms with Gasteiger partial charge in [-0.2, -0.15) is 4.98 Å². The zero-order valence-electron chi connectivity index (χ0n) is 17.7. The third kappa shape index (κ3) is 3.65. The van der Waals surface area contributed by atoms with Gasteiger partial charge in [-0.1, -0.05) is 17.0 Å². The fraction of sp³-hybridized carbons (Fsp3) is 0.304. The van der Waals surface area contributed by atoms with E-state index in [9.17, 15) is 9.90 Å². The lowest BCUT2D eigenvalue weighted by atomic mass is 10.0. The van der Waals surface area contributed by atoms with Crippen LogP contribution >= 0.6 is 0 Å². The average Bonchev–Trinajstić information content (AvgIpc) is 3.40. The molecular weight excluding hydrogens is 408 g/mol. The normalized spacial score (nSPS) is 15.3. The van der Waals surface area contributed by atoms with Crippen LogP contribution in [0.15, 0.2) is 45.8 Å². The average molecular weight is 430 g/mol. The molecule has 3 N–H and O–H groups in total. The van der Waals surface area contributed by atoms with E-state index in [0.29, 0.717) is 40.8 Å². The van der Waals surface area contributed by atoms with Gasteiger partial charge in [-0.05, 0) is 50.8 Å². The molecule has 5 rings (SSSR count). The van der Waals surface area contributed by atoms with Crippen molar-refractivity contribution in [3.8, 4) is 17.7 Å². The number of benzene rings is 1. The summed E-state index contributed by atoms with van der Waals surface area (Å²) in [6.07, 6.45) is 3.77. The van der Waals surface area contributed by atoms with Gasteiger partial charge in [0.15, 0.2) is 5.60 Å². The van der Waals surface area contributed by atoms with Crippen LogP contribution in [0.4, 0.5) is 5.95 Å². The molecule has 1 aliphatic rings. The van der Waals surface area contributed by atoms with E-state index in [1.165, 1.54) is 10.8 Å². The van der Waals surface area contributed by atoms with E-state index in [1.54, 1.807) is 30.5 Å². The number of aryl methyl sites for hydroxylation is 1. The fourth-order valence-corrected chi connectivity index (χ4v) is 3.63. The Hall–Kier alpha value is -3.90. The summed E-state index contributed by atoms with van der Waals surface area (Å²) in [5.74, 6) is 7.44. The molecule has 1 aromatic carbocycles. The summed E-state index contributed by atoms with van der Waals surface area (Å²) in [6.45, 7) is 3.97. The number of nitrogens with two attached hydrogens (primary N) is 1. The Balaban J connectivity index is 1.63. The van der Waals surface area contributed by atoms with Crippen molar-refractivity contribution in [2.45, 2.75) is 38.8 Å². The summed E-state index contributed by atoms with van der Waals surface area (Å²) in [4.78, 5) is 21.5. The first-order valence-corrected chi connectivity index (χ1v) is 10.4. The molecule has 0 saturated heterocycles. The Morgan fingerprint density at radius 2 is 2.09 bits per heavy atom. The first-order valence-electron chi connectivity index (χ1n) is 10.4. The lowest BCUT2D eigenvalue weighted by molar-refractivity contribution is 0.112. The third-order valence-corrected chi connectivity index (χ3v) is 5.53. The number of nitrogen functional groups attached to an aromatic ring is 1. The fourth-order valence-electron chi connectivity index (χ4n) is 3.63. The Bertz CT molecular complexity index is 1450. The van der Waals surface area contributed by atoms with Crippen LogP contribution in [0.1, 0.15) is 36.8 Å². The van der Waals surface area contributed by atoms with E-state index in [4.69, 9.17) is 10.3 Å². The number of aliphatic hydroxyl groups is 1. The van der Waals surface area contributed by atoms with Gasteiger partial charge in [0.2, 0.25) is 5.95 Å². The molecule has 0 amide bonds. The van der Waals surface area contributed by atoms with Crippen LogP contribution in [0, 0.1) is 24.7 Å². The van der Waals surface area contributed by atoms with Crippen molar-refractivity contribution in [1.29, 1.82) is 0 Å². The van der Waals surface area contributed by atoms with Gasteiger partial charge in [0.25, 0.3) is 0 Å². The monoisotopic (exact) mass is 430 g/mol. The number of hydrogen-bond acceptors (Lipinski definition) is 7. The van der Waals surface area contributed by atoms with Gasteiger partial charge >= 0.3 is 5.69 Å². The molecule has 0 radical (unpaired) electrons. The molecule has 3 heterocycles. The molecule has 4 aromatic rings. The molecule has 9 nitrogen and oxygen atoms in total. The van der Waals surface area contributed by atoms with E-state index < -0.39 is 5.60 Å². The molecule has 3 aromatic heterocycles. The highest BCUT2D eigenvalue weighted by atomic mass is 16.5. The lowest BCUT2D eigenvalue weighted by Gasteiger charge is -2.11. The number of aromatic nitrogens is 5. The molecule has 0 aliphatic heterocycles. The number of hydrogen-bond donors (Lipinski definition) is 2. The number of nitrogens with zero attached hydrogens (tertiary/aromatic N) is 5. The first-order chi connectivity index (χ1) is 15.3. The van der Waals surface area contributed by atoms with Gasteiger partial charge in [0, 0.05) is 30.4 Å². The largest absolute Gasteiger partial charge is 0.372 e. The second-order valence-electron chi connectivity index (χ2n) is 8.29. The maximum absolute atomic E-state index is 13.3. The second kappa shape index (κ2) is 7.35. The van der Waals surface area contributed by atoms with Crippen LogP contribution in [-0.4, -0.2) is 29.4 Å². The predicted octanol–water partition coefficient (Wildman–Crippen LogP) is 2.13. The molecule has 1 aliphatic carbocycles. The van der Waals surface area contributed by atoms with Crippen molar-refractivity contribution < 1.29 is 9.63 Å². The highest BCUT2D eigenvalue weighted by Gasteiger charge is 2.26. The number of imidazole rings is 1. The molecule has 1 saturated carbocycles. The highest BCUT2D eigenvalue weighted by molar-refractivity contribution is 5.79. The van der Waals surface area contributed by atoms with Gasteiger partial charge in [0.05, 0.1) is 11.0 Å². The molecule has 32 heavy (non-hydrogen) atoms. The molecular formula is C23H22N6O3. The zero-order valence-corrected chi connectivity index (χ0v) is 17.7. The van der Waals surface area contributed by atoms with E-state index in [2.05, 4.69) is 27.0 Å². The van der Waals surface area contributed by atoms with Crippen molar-refractivity contribution in [3.05, 3.63) is 64.0 Å². The minimum absolute atomic E-state index is 0.0902. The summed E-state index contributed by atoms with van der Waals surface area (Å²) in [6, 6.07) is 8.82. The van der Waals surface area contributed by atoms with E-state index in [0.717, 1.165) is 18.4 Å². The van der Waals surface area contributed by atoms with Crippen molar-refractivity contribution in [3.63, 3.8) is 0 Å². The number of rotatable bonds is 4. The van der Waals surface area contributed by atoms with Crippen molar-refractivity contribution in [2.24, 2.45) is 5.92 Å².